The number of hydrogen-bond donors (Lipinski definition) is 4. The maximum absolute atomic E-state index is 11.2. The number of hydrogen-bond acceptors (Lipinski definition) is 6. The summed E-state index contributed by atoms with van der Waals surface area (Å²) in [6, 6.07) is 7.18. The zero-order chi connectivity index (χ0) is 12.3. The third kappa shape index (κ3) is 2.14. The molecule has 0 bridgehead atoms. The van der Waals surface area contributed by atoms with E-state index in [4.69, 9.17) is 11.0 Å². The van der Waals surface area contributed by atoms with Gasteiger partial charge in [0.25, 0.3) is 0 Å². The molecule has 0 saturated heterocycles. The van der Waals surface area contributed by atoms with E-state index < -0.39 is 0 Å². The highest BCUT2D eigenvalue weighted by molar-refractivity contribution is 5.94. The van der Waals surface area contributed by atoms with E-state index in [1.807, 2.05) is 17.0 Å². The highest BCUT2D eigenvalue weighted by Crippen LogP contribution is 2.22. The lowest BCUT2D eigenvalue weighted by Crippen LogP contribution is -2.31. The Morgan fingerprint density at radius 1 is 1.29 bits per heavy atom. The van der Waals surface area contributed by atoms with Gasteiger partial charge in [-0.05, 0) is 0 Å². The predicted octanol–water partition coefficient (Wildman–Crippen LogP) is -0.0367. The molecule has 88 valence electrons. The maximum Gasteiger partial charge on any atom is 0.239 e. The Balaban J connectivity index is 2.54. The second-order valence-corrected chi connectivity index (χ2v) is 3.40. The first-order valence-electron chi connectivity index (χ1n) is 4.90. The molecule has 17 heavy (non-hydrogen) atoms. The molecule has 0 aliphatic rings. The third-order valence-corrected chi connectivity index (χ3v) is 2.36. The van der Waals surface area contributed by atoms with Crippen molar-refractivity contribution in [2.45, 2.75) is 6.42 Å². The van der Waals surface area contributed by atoms with Crippen LogP contribution in [0, 0.1) is 0 Å². The lowest BCUT2D eigenvalue weighted by atomic mass is 10.1. The largest absolute Gasteiger partial charge is 0.294 e. The van der Waals surface area contributed by atoms with Gasteiger partial charge in [0, 0.05) is 10.8 Å². The summed E-state index contributed by atoms with van der Waals surface area (Å²) in [5.74, 6) is 4.92. The van der Waals surface area contributed by atoms with Gasteiger partial charge in [0.2, 0.25) is 5.91 Å². The van der Waals surface area contributed by atoms with Crippen molar-refractivity contribution in [3.8, 4) is 0 Å². The van der Waals surface area contributed by atoms with E-state index in [2.05, 4.69) is 10.2 Å². The molecular weight excluding hydrogens is 222 g/mol. The van der Waals surface area contributed by atoms with Crippen LogP contribution in [0.2, 0.25) is 0 Å². The van der Waals surface area contributed by atoms with Gasteiger partial charge in [0.15, 0.2) is 5.82 Å². The number of rotatable bonds is 3. The van der Waals surface area contributed by atoms with Gasteiger partial charge in [-0.2, -0.15) is 5.10 Å². The Morgan fingerprint density at radius 2 is 2.00 bits per heavy atom. The molecule has 1 aromatic heterocycles. The number of fused-ring (bicyclic) bond motifs is 1. The quantitative estimate of drug-likeness (QED) is 0.336. The topological polar surface area (TPSA) is 113 Å². The fourth-order valence-electron chi connectivity index (χ4n) is 1.58. The molecule has 0 atom stereocenters. The zero-order valence-electron chi connectivity index (χ0n) is 8.84. The Bertz CT molecular complexity index is 557. The fraction of sp³-hybridized carbons (Fsp3) is 0.100. The molecule has 1 amide bonds. The van der Waals surface area contributed by atoms with Crippen LogP contribution in [0.1, 0.15) is 5.69 Å². The first kappa shape index (κ1) is 11.2. The van der Waals surface area contributed by atoms with Gasteiger partial charge in [0.05, 0.1) is 12.1 Å². The number of nitrogens with zero attached hydrogens (tertiary/aromatic N) is 2. The molecule has 0 unspecified atom stereocenters. The van der Waals surface area contributed by atoms with Crippen LogP contribution in [0.25, 0.3) is 10.8 Å². The van der Waals surface area contributed by atoms with Crippen molar-refractivity contribution in [2.24, 2.45) is 5.84 Å². The number of carbonyl (C=O) groups is 1. The average molecular weight is 233 g/mol. The third-order valence-electron chi connectivity index (χ3n) is 2.36. The number of aromatic nitrogens is 2. The molecule has 2 aromatic rings. The molecule has 0 aliphatic carbocycles. The van der Waals surface area contributed by atoms with Gasteiger partial charge in [-0.15, -0.1) is 5.10 Å². The van der Waals surface area contributed by atoms with E-state index in [1.54, 1.807) is 18.2 Å². The minimum absolute atomic E-state index is 0.0374. The van der Waals surface area contributed by atoms with E-state index in [0.717, 1.165) is 5.39 Å². The number of amides is 1. The first-order valence-corrected chi connectivity index (χ1v) is 4.90. The molecule has 7 nitrogen and oxygen atoms in total. The van der Waals surface area contributed by atoms with E-state index >= 15 is 0 Å². The van der Waals surface area contributed by atoms with Crippen LogP contribution in [0.5, 0.6) is 0 Å². The number of nitrogens with two attached hydrogens (primary N) is 1. The Labute approximate surface area is 96.6 Å². The summed E-state index contributed by atoms with van der Waals surface area (Å²) >= 11 is 0. The summed E-state index contributed by atoms with van der Waals surface area (Å²) in [6.07, 6.45) is 0.0374. The smallest absolute Gasteiger partial charge is 0.239 e. The maximum atomic E-state index is 11.2. The normalized spacial score (nSPS) is 10.2. The first-order chi connectivity index (χ1) is 8.26. The summed E-state index contributed by atoms with van der Waals surface area (Å²) in [4.78, 5) is 11.2. The molecule has 2 rings (SSSR count). The van der Waals surface area contributed by atoms with Crippen LogP contribution < -0.4 is 16.7 Å². The number of benzene rings is 1. The fourth-order valence-corrected chi connectivity index (χ4v) is 1.58. The van der Waals surface area contributed by atoms with Crippen molar-refractivity contribution < 1.29 is 10.0 Å². The number of carbonyl (C=O) groups excluding carboxylic acids is 1. The van der Waals surface area contributed by atoms with Crippen LogP contribution in [0.3, 0.4) is 0 Å². The number of hydrazine groups is 1. The molecule has 1 aromatic carbocycles. The van der Waals surface area contributed by atoms with Crippen LogP contribution in [-0.2, 0) is 11.2 Å². The van der Waals surface area contributed by atoms with Gasteiger partial charge >= 0.3 is 0 Å². The molecule has 0 aliphatic heterocycles. The summed E-state index contributed by atoms with van der Waals surface area (Å²) in [5, 5.41) is 18.0. The van der Waals surface area contributed by atoms with Crippen molar-refractivity contribution in [1.29, 1.82) is 0 Å². The van der Waals surface area contributed by atoms with Gasteiger partial charge in [0.1, 0.15) is 0 Å². The molecule has 0 spiro atoms. The average Bonchev–Trinajstić information content (AvgIpc) is 2.39. The number of anilines is 1. The number of nitrogens with one attached hydrogen (secondary N) is 2. The van der Waals surface area contributed by atoms with Crippen molar-refractivity contribution in [3.63, 3.8) is 0 Å². The predicted molar refractivity (Wildman–Crippen MR) is 61.0 cm³/mol. The second kappa shape index (κ2) is 4.73. The molecule has 0 saturated carbocycles. The van der Waals surface area contributed by atoms with Crippen molar-refractivity contribution >= 4 is 22.5 Å². The molecule has 0 radical (unpaired) electrons. The lowest BCUT2D eigenvalue weighted by Gasteiger charge is -2.07. The monoisotopic (exact) mass is 233 g/mol. The Kier molecular flexibility index (Phi) is 3.12. The van der Waals surface area contributed by atoms with Gasteiger partial charge in [-0.3, -0.25) is 20.9 Å². The standard InChI is InChI=1S/C10H11N5O2/c11-12-9(16)5-8-6-3-1-2-4-7(6)10(15-17)14-13-8/h1-4,17H,5,11H2,(H,12,16)(H,14,15). The minimum atomic E-state index is -0.353. The van der Waals surface area contributed by atoms with Crippen LogP contribution >= 0.6 is 0 Å². The van der Waals surface area contributed by atoms with E-state index in [9.17, 15) is 4.79 Å². The van der Waals surface area contributed by atoms with Gasteiger partial charge in [-0.1, -0.05) is 24.3 Å². The van der Waals surface area contributed by atoms with Crippen LogP contribution in [-0.4, -0.2) is 21.3 Å². The van der Waals surface area contributed by atoms with E-state index in [0.29, 0.717) is 11.1 Å². The Morgan fingerprint density at radius 3 is 2.65 bits per heavy atom. The molecule has 5 N–H and O–H groups in total. The van der Waals surface area contributed by atoms with E-state index in [-0.39, 0.29) is 18.1 Å². The minimum Gasteiger partial charge on any atom is -0.294 e. The summed E-state index contributed by atoms with van der Waals surface area (Å²) < 4.78 is 0. The van der Waals surface area contributed by atoms with Crippen LogP contribution in [0.15, 0.2) is 24.3 Å². The van der Waals surface area contributed by atoms with E-state index in [1.165, 1.54) is 0 Å². The van der Waals surface area contributed by atoms with Crippen LogP contribution in [0.4, 0.5) is 5.82 Å². The molecule has 7 heteroatoms. The zero-order valence-corrected chi connectivity index (χ0v) is 8.84. The highest BCUT2D eigenvalue weighted by atomic mass is 16.5. The second-order valence-electron chi connectivity index (χ2n) is 3.40. The molecular formula is C10H11N5O2. The van der Waals surface area contributed by atoms with Crippen molar-refractivity contribution in [3.05, 3.63) is 30.0 Å². The summed E-state index contributed by atoms with van der Waals surface area (Å²) in [5.41, 5.74) is 4.50. The van der Waals surface area contributed by atoms with Crippen molar-refractivity contribution in [1.82, 2.24) is 15.6 Å². The van der Waals surface area contributed by atoms with Gasteiger partial charge < -0.3 is 0 Å². The van der Waals surface area contributed by atoms with Gasteiger partial charge in [-0.25, -0.2) is 5.84 Å². The molecule has 0 fully saturated rings. The Hall–Kier alpha value is -2.25. The highest BCUT2D eigenvalue weighted by Gasteiger charge is 2.11. The van der Waals surface area contributed by atoms with Crippen molar-refractivity contribution in [2.75, 3.05) is 5.48 Å². The summed E-state index contributed by atoms with van der Waals surface area (Å²) in [6.45, 7) is 0. The summed E-state index contributed by atoms with van der Waals surface area (Å²) in [7, 11) is 0. The lowest BCUT2D eigenvalue weighted by molar-refractivity contribution is -0.120. The SMILES string of the molecule is NNC(=O)Cc1nnc(NO)c2ccccc12. The molecule has 1 heterocycles.